The summed E-state index contributed by atoms with van der Waals surface area (Å²) >= 11 is 5.82. The average Bonchev–Trinajstić information content (AvgIpc) is 2.82. The highest BCUT2D eigenvalue weighted by Crippen LogP contribution is 2.23. The second kappa shape index (κ2) is 10.5. The van der Waals surface area contributed by atoms with Crippen molar-refractivity contribution in [2.75, 3.05) is 18.4 Å². The van der Waals surface area contributed by atoms with Crippen LogP contribution in [0.1, 0.15) is 28.9 Å². The van der Waals surface area contributed by atoms with Gasteiger partial charge in [0.2, 0.25) is 0 Å². The van der Waals surface area contributed by atoms with E-state index in [9.17, 15) is 18.0 Å². The monoisotopic (exact) mass is 486 g/mol. The van der Waals surface area contributed by atoms with Gasteiger partial charge in [-0.1, -0.05) is 54.1 Å². The lowest BCUT2D eigenvalue weighted by molar-refractivity contribution is -0.135. The molecule has 0 aliphatic heterocycles. The van der Waals surface area contributed by atoms with Crippen LogP contribution in [0.15, 0.2) is 83.8 Å². The van der Waals surface area contributed by atoms with Gasteiger partial charge in [-0.2, -0.15) is 0 Å². The molecule has 0 spiro atoms. The molecule has 3 aromatic carbocycles. The first-order chi connectivity index (χ1) is 15.7. The number of rotatable bonds is 8. The molecule has 1 amide bonds. The van der Waals surface area contributed by atoms with Crippen molar-refractivity contribution < 1.29 is 22.7 Å². The van der Waals surface area contributed by atoms with E-state index in [4.69, 9.17) is 16.3 Å². The topological polar surface area (TPSA) is 92.8 Å². The number of carbonyl (C=O) groups is 2. The third-order valence-corrected chi connectivity index (χ3v) is 6.73. The third kappa shape index (κ3) is 6.12. The highest BCUT2D eigenvalue weighted by Gasteiger charge is 2.22. The van der Waals surface area contributed by atoms with Gasteiger partial charge >= 0.3 is 5.97 Å². The highest BCUT2D eigenvalue weighted by atomic mass is 35.5. The molecule has 1 unspecified atom stereocenters. The van der Waals surface area contributed by atoms with Crippen molar-refractivity contribution in [2.45, 2.75) is 17.9 Å². The number of hydrogen-bond acceptors (Lipinski definition) is 5. The summed E-state index contributed by atoms with van der Waals surface area (Å²) in [6.45, 7) is 1.39. The lowest BCUT2D eigenvalue weighted by Gasteiger charge is -2.25. The Hall–Kier alpha value is -3.36. The highest BCUT2D eigenvalue weighted by molar-refractivity contribution is 7.92. The molecule has 1 atom stereocenters. The van der Waals surface area contributed by atoms with Crippen LogP contribution in [-0.2, 0) is 19.6 Å². The summed E-state index contributed by atoms with van der Waals surface area (Å²) in [5.74, 6) is -1.21. The Bertz CT molecular complexity index is 1230. The summed E-state index contributed by atoms with van der Waals surface area (Å²) in [5.41, 5.74) is 0.971. The van der Waals surface area contributed by atoms with Gasteiger partial charge in [0.15, 0.2) is 6.61 Å². The third-order valence-electron chi connectivity index (χ3n) is 5.10. The number of hydrogen-bond donors (Lipinski definition) is 1. The number of para-hydroxylation sites is 1. The van der Waals surface area contributed by atoms with E-state index in [0.29, 0.717) is 5.02 Å². The van der Waals surface area contributed by atoms with Gasteiger partial charge in [0.25, 0.3) is 15.9 Å². The molecular weight excluding hydrogens is 464 g/mol. The molecule has 0 aliphatic carbocycles. The van der Waals surface area contributed by atoms with Crippen LogP contribution in [0.3, 0.4) is 0 Å². The molecule has 172 valence electrons. The first-order valence-electron chi connectivity index (χ1n) is 10.0. The van der Waals surface area contributed by atoms with Crippen molar-refractivity contribution in [3.63, 3.8) is 0 Å². The largest absolute Gasteiger partial charge is 0.452 e. The van der Waals surface area contributed by atoms with Crippen LogP contribution in [0.5, 0.6) is 0 Å². The van der Waals surface area contributed by atoms with Crippen LogP contribution >= 0.6 is 11.6 Å². The second-order valence-electron chi connectivity index (χ2n) is 7.27. The Kier molecular flexibility index (Phi) is 7.73. The van der Waals surface area contributed by atoms with Gasteiger partial charge in [-0.25, -0.2) is 13.2 Å². The van der Waals surface area contributed by atoms with Crippen LogP contribution in [-0.4, -0.2) is 38.8 Å². The Morgan fingerprint density at radius 3 is 2.24 bits per heavy atom. The standard InChI is InChI=1S/C24H23ClN2O5S/c1-17(18-8-4-3-5-9-18)27(2)23(28)16-32-24(29)21-10-6-7-11-22(21)26-33(30,31)20-14-12-19(25)13-15-20/h3-15,17,26H,16H2,1-2H3. The Morgan fingerprint density at radius 1 is 0.970 bits per heavy atom. The van der Waals surface area contributed by atoms with E-state index in [1.807, 2.05) is 37.3 Å². The molecule has 0 saturated heterocycles. The lowest BCUT2D eigenvalue weighted by atomic mass is 10.1. The molecule has 0 heterocycles. The van der Waals surface area contributed by atoms with E-state index in [1.165, 1.54) is 41.3 Å². The zero-order valence-corrected chi connectivity index (χ0v) is 19.6. The SMILES string of the molecule is CC(c1ccccc1)N(C)C(=O)COC(=O)c1ccccc1NS(=O)(=O)c1ccc(Cl)cc1. The van der Waals surface area contributed by atoms with Gasteiger partial charge < -0.3 is 9.64 Å². The van der Waals surface area contributed by atoms with Gasteiger partial charge in [0.1, 0.15) is 0 Å². The van der Waals surface area contributed by atoms with Gasteiger partial charge in [-0.05, 0) is 48.9 Å². The fourth-order valence-corrected chi connectivity index (χ4v) is 4.25. The number of likely N-dealkylation sites (N-methyl/N-ethyl adjacent to an activating group) is 1. The molecule has 1 N–H and O–H groups in total. The van der Waals surface area contributed by atoms with E-state index in [2.05, 4.69) is 4.72 Å². The fourth-order valence-electron chi connectivity index (χ4n) is 3.05. The summed E-state index contributed by atoms with van der Waals surface area (Å²) in [6, 6.07) is 20.9. The number of anilines is 1. The first kappa shape index (κ1) is 24.3. The lowest BCUT2D eigenvalue weighted by Crippen LogP contribution is -2.33. The zero-order chi connectivity index (χ0) is 24.0. The Morgan fingerprint density at radius 2 is 1.58 bits per heavy atom. The summed E-state index contributed by atoms with van der Waals surface area (Å²) < 4.78 is 32.9. The fraction of sp³-hybridized carbons (Fsp3) is 0.167. The van der Waals surface area contributed by atoms with Crippen LogP contribution in [0.2, 0.25) is 5.02 Å². The molecule has 3 rings (SSSR count). The van der Waals surface area contributed by atoms with Crippen LogP contribution in [0.25, 0.3) is 0 Å². The first-order valence-corrected chi connectivity index (χ1v) is 11.9. The number of halogens is 1. The van der Waals surface area contributed by atoms with Crippen LogP contribution < -0.4 is 4.72 Å². The molecule has 0 saturated carbocycles. The van der Waals surface area contributed by atoms with Crippen molar-refractivity contribution in [1.82, 2.24) is 4.90 Å². The van der Waals surface area contributed by atoms with Crippen LogP contribution in [0.4, 0.5) is 5.69 Å². The van der Waals surface area contributed by atoms with E-state index >= 15 is 0 Å². The molecule has 7 nitrogen and oxygen atoms in total. The number of carbonyl (C=O) groups excluding carboxylic acids is 2. The maximum atomic E-state index is 12.7. The van der Waals surface area contributed by atoms with E-state index in [-0.39, 0.29) is 28.1 Å². The number of ether oxygens (including phenoxy) is 1. The average molecular weight is 487 g/mol. The zero-order valence-electron chi connectivity index (χ0n) is 18.1. The summed E-state index contributed by atoms with van der Waals surface area (Å²) in [7, 11) is -2.34. The molecule has 0 aromatic heterocycles. The Balaban J connectivity index is 1.68. The molecule has 0 fully saturated rings. The number of esters is 1. The molecule has 33 heavy (non-hydrogen) atoms. The minimum absolute atomic E-state index is 0.0122. The number of amides is 1. The number of sulfonamides is 1. The number of nitrogens with zero attached hydrogens (tertiary/aromatic N) is 1. The minimum atomic E-state index is -3.96. The van der Waals surface area contributed by atoms with Crippen molar-refractivity contribution >= 4 is 39.2 Å². The maximum absolute atomic E-state index is 12.7. The van der Waals surface area contributed by atoms with Crippen molar-refractivity contribution in [2.24, 2.45) is 0 Å². The minimum Gasteiger partial charge on any atom is -0.452 e. The molecular formula is C24H23ClN2O5S. The van der Waals surface area contributed by atoms with E-state index < -0.39 is 22.6 Å². The van der Waals surface area contributed by atoms with E-state index in [1.54, 1.807) is 19.2 Å². The van der Waals surface area contributed by atoms with Gasteiger partial charge in [0, 0.05) is 12.1 Å². The Labute approximate surface area is 198 Å². The smallest absolute Gasteiger partial charge is 0.340 e. The summed E-state index contributed by atoms with van der Waals surface area (Å²) in [5, 5.41) is 0.397. The predicted molar refractivity (Wildman–Crippen MR) is 127 cm³/mol. The van der Waals surface area contributed by atoms with Gasteiger partial charge in [-0.3, -0.25) is 9.52 Å². The van der Waals surface area contributed by atoms with Crippen molar-refractivity contribution in [1.29, 1.82) is 0 Å². The number of benzene rings is 3. The summed E-state index contributed by atoms with van der Waals surface area (Å²) in [6.07, 6.45) is 0. The van der Waals surface area contributed by atoms with Crippen molar-refractivity contribution in [3.8, 4) is 0 Å². The molecule has 9 heteroatoms. The number of nitrogens with one attached hydrogen (secondary N) is 1. The molecule has 0 radical (unpaired) electrons. The molecule has 0 aliphatic rings. The predicted octanol–water partition coefficient (Wildman–Crippen LogP) is 4.52. The van der Waals surface area contributed by atoms with Gasteiger partial charge in [-0.15, -0.1) is 0 Å². The van der Waals surface area contributed by atoms with Crippen molar-refractivity contribution in [3.05, 3.63) is 95.0 Å². The maximum Gasteiger partial charge on any atom is 0.340 e. The van der Waals surface area contributed by atoms with Gasteiger partial charge in [0.05, 0.1) is 22.2 Å². The van der Waals surface area contributed by atoms with E-state index in [0.717, 1.165) is 5.56 Å². The molecule has 3 aromatic rings. The normalized spacial score (nSPS) is 12.0. The second-order valence-corrected chi connectivity index (χ2v) is 9.39. The molecule has 0 bridgehead atoms. The summed E-state index contributed by atoms with van der Waals surface area (Å²) in [4.78, 5) is 26.7. The quantitative estimate of drug-likeness (QED) is 0.472. The van der Waals surface area contributed by atoms with Crippen LogP contribution in [0, 0.1) is 0 Å².